The van der Waals surface area contributed by atoms with Gasteiger partial charge in [-0.05, 0) is 64.9 Å². The Kier molecular flexibility index (Phi) is 9.42. The van der Waals surface area contributed by atoms with Crippen LogP contribution < -0.4 is 10.2 Å². The summed E-state index contributed by atoms with van der Waals surface area (Å²) in [5.74, 6) is 0.456. The van der Waals surface area contributed by atoms with Gasteiger partial charge in [0.1, 0.15) is 5.75 Å². The van der Waals surface area contributed by atoms with Gasteiger partial charge in [0.05, 0.1) is 0 Å². The van der Waals surface area contributed by atoms with Crippen molar-refractivity contribution in [3.63, 3.8) is 0 Å². The Morgan fingerprint density at radius 1 is 0.725 bits per heavy atom. The predicted molar refractivity (Wildman–Crippen MR) is 176 cm³/mol. The van der Waals surface area contributed by atoms with Crippen LogP contribution in [0.15, 0.2) is 91.0 Å². The van der Waals surface area contributed by atoms with Crippen molar-refractivity contribution in [2.24, 2.45) is 0 Å². The summed E-state index contributed by atoms with van der Waals surface area (Å²) in [6, 6.07) is 32.7. The lowest BCUT2D eigenvalue weighted by Crippen LogP contribution is -2.29. The molecule has 0 bridgehead atoms. The number of nitrogens with zero attached hydrogens (tertiary/aromatic N) is 1. The molecule has 0 heterocycles. The number of hydrogen-bond acceptors (Lipinski definition) is 2. The molecule has 4 aromatic carbocycles. The molecule has 1 N–H and O–H groups in total. The van der Waals surface area contributed by atoms with Crippen molar-refractivity contribution in [3.05, 3.63) is 124 Å². The third kappa shape index (κ3) is 6.97. The number of anilines is 1. The molecule has 0 aromatic heterocycles. The minimum absolute atomic E-state index is 0.0133. The molecule has 2 nitrogen and oxygen atoms in total. The lowest BCUT2D eigenvalue weighted by Gasteiger charge is -2.36. The Bertz CT molecular complexity index is 1370. The average molecular weight is 552 g/mol. The zero-order chi connectivity index (χ0) is 28.9. The van der Waals surface area contributed by atoms with Gasteiger partial charge in [0, 0.05) is 29.5 Å². The molecule has 4 rings (SSSR count). The molecule has 40 heavy (non-hydrogen) atoms. The molecule has 2 unspecified atom stereocenters. The fraction of sp³-hybridized carbons (Fsp3) is 0.351. The summed E-state index contributed by atoms with van der Waals surface area (Å²) in [4.78, 5) is 2.53. The molecule has 0 aliphatic heterocycles. The molecule has 210 valence electrons. The van der Waals surface area contributed by atoms with E-state index in [1.165, 1.54) is 33.2 Å². The summed E-state index contributed by atoms with van der Waals surface area (Å²) in [5.41, 5.74) is 8.56. The van der Waals surface area contributed by atoms with E-state index in [2.05, 4.69) is 137 Å². The highest BCUT2D eigenvalue weighted by Gasteiger charge is 2.33. The van der Waals surface area contributed by atoms with E-state index in [0.29, 0.717) is 14.3 Å². The Morgan fingerprint density at radius 2 is 1.30 bits per heavy atom. The second kappa shape index (κ2) is 12.6. The second-order valence-corrected chi connectivity index (χ2v) is 14.3. The van der Waals surface area contributed by atoms with Gasteiger partial charge in [0.15, 0.2) is 0 Å². The normalized spacial score (nSPS) is 13.5. The van der Waals surface area contributed by atoms with Crippen LogP contribution >= 0.6 is 8.58 Å². The summed E-state index contributed by atoms with van der Waals surface area (Å²) >= 11 is 0. The lowest BCUT2D eigenvalue weighted by molar-refractivity contribution is 0.447. The van der Waals surface area contributed by atoms with Crippen LogP contribution in [0.1, 0.15) is 80.8 Å². The van der Waals surface area contributed by atoms with E-state index in [1.54, 1.807) is 0 Å². The van der Waals surface area contributed by atoms with Gasteiger partial charge < -0.3 is 10.0 Å². The molecule has 2 atom stereocenters. The lowest BCUT2D eigenvalue weighted by atomic mass is 9.82. The fourth-order valence-corrected chi connectivity index (χ4v) is 7.49. The van der Waals surface area contributed by atoms with E-state index < -0.39 is 0 Å². The quantitative estimate of drug-likeness (QED) is 0.198. The third-order valence-corrected chi connectivity index (χ3v) is 9.91. The first-order chi connectivity index (χ1) is 19.0. The van der Waals surface area contributed by atoms with Gasteiger partial charge >= 0.3 is 0 Å². The molecule has 0 saturated heterocycles. The molecule has 0 aliphatic carbocycles. The molecule has 0 spiro atoms. The average Bonchev–Trinajstić information content (AvgIpc) is 2.91. The fourth-order valence-electron chi connectivity index (χ4n) is 5.59. The standard InChI is InChI=1S/C37H46NOP/c1-8-22-37(7,32-24-31(36(4,5)6)23-28(3)34(32)39)40-35-27(2)16-15-21-33(35)38(25-29-17-11-9-12-18-29)26-30-19-13-10-14-20-30/h9-21,23-24,39-40H,8,22,25-26H2,1-7H3. The van der Waals surface area contributed by atoms with Gasteiger partial charge in [-0.3, -0.25) is 0 Å². The highest BCUT2D eigenvalue weighted by molar-refractivity contribution is 7.49. The van der Waals surface area contributed by atoms with Crippen molar-refractivity contribution in [2.45, 2.75) is 85.0 Å². The van der Waals surface area contributed by atoms with Gasteiger partial charge in [0.2, 0.25) is 0 Å². The Hall–Kier alpha value is -3.09. The van der Waals surface area contributed by atoms with Gasteiger partial charge in [0.25, 0.3) is 0 Å². The number of rotatable bonds is 10. The Morgan fingerprint density at radius 3 is 1.82 bits per heavy atom. The van der Waals surface area contributed by atoms with Crippen molar-refractivity contribution < 1.29 is 5.11 Å². The van der Waals surface area contributed by atoms with E-state index in [4.69, 9.17) is 0 Å². The summed E-state index contributed by atoms with van der Waals surface area (Å²) in [6.45, 7) is 17.4. The number of aryl methyl sites for hydroxylation is 2. The van der Waals surface area contributed by atoms with E-state index in [0.717, 1.165) is 37.1 Å². The molecule has 0 fully saturated rings. The van der Waals surface area contributed by atoms with Crippen molar-refractivity contribution in [3.8, 4) is 5.75 Å². The van der Waals surface area contributed by atoms with Crippen LogP contribution in [0.3, 0.4) is 0 Å². The largest absolute Gasteiger partial charge is 0.507 e. The van der Waals surface area contributed by atoms with E-state index in [9.17, 15) is 5.11 Å². The number of benzene rings is 4. The molecule has 3 heteroatoms. The molecular weight excluding hydrogens is 505 g/mol. The highest BCUT2D eigenvalue weighted by atomic mass is 31.1. The summed E-state index contributed by atoms with van der Waals surface area (Å²) in [7, 11) is 0.515. The molecule has 4 aromatic rings. The predicted octanol–water partition coefficient (Wildman–Crippen LogP) is 9.53. The van der Waals surface area contributed by atoms with E-state index in [1.807, 2.05) is 6.92 Å². The minimum Gasteiger partial charge on any atom is -0.507 e. The molecule has 0 saturated carbocycles. The number of phenols is 1. The van der Waals surface area contributed by atoms with Crippen LogP contribution in [0.2, 0.25) is 0 Å². The van der Waals surface area contributed by atoms with Crippen LogP contribution in [-0.4, -0.2) is 5.11 Å². The van der Waals surface area contributed by atoms with E-state index >= 15 is 0 Å². The maximum absolute atomic E-state index is 11.5. The van der Waals surface area contributed by atoms with Gasteiger partial charge in [-0.15, -0.1) is 0 Å². The van der Waals surface area contributed by atoms with Crippen LogP contribution in [0.5, 0.6) is 5.75 Å². The number of aromatic hydroxyl groups is 1. The first-order valence-electron chi connectivity index (χ1n) is 14.6. The van der Waals surface area contributed by atoms with Gasteiger partial charge in [-0.25, -0.2) is 0 Å². The maximum atomic E-state index is 11.5. The summed E-state index contributed by atoms with van der Waals surface area (Å²) in [5, 5.41) is 12.7. The SMILES string of the molecule is CCCC(C)(Pc1c(C)cccc1N(Cc1ccccc1)Cc1ccccc1)c1cc(C(C)(C)C)cc(C)c1O. The van der Waals surface area contributed by atoms with Crippen molar-refractivity contribution in [1.82, 2.24) is 0 Å². The van der Waals surface area contributed by atoms with Gasteiger partial charge in [-0.2, -0.15) is 0 Å². The van der Waals surface area contributed by atoms with Crippen LogP contribution in [0, 0.1) is 13.8 Å². The second-order valence-electron chi connectivity index (χ2n) is 12.4. The topological polar surface area (TPSA) is 23.5 Å². The number of hydrogen-bond donors (Lipinski definition) is 1. The zero-order valence-corrected chi connectivity index (χ0v) is 26.4. The van der Waals surface area contributed by atoms with Crippen molar-refractivity contribution >= 4 is 19.6 Å². The van der Waals surface area contributed by atoms with Crippen molar-refractivity contribution in [1.29, 1.82) is 0 Å². The summed E-state index contributed by atoms with van der Waals surface area (Å²) in [6.07, 6.45) is 2.07. The van der Waals surface area contributed by atoms with Crippen LogP contribution in [-0.2, 0) is 23.7 Å². The maximum Gasteiger partial charge on any atom is 0.122 e. The molecule has 0 radical (unpaired) electrons. The third-order valence-electron chi connectivity index (χ3n) is 7.94. The Labute approximate surface area is 244 Å². The minimum atomic E-state index is -0.184. The monoisotopic (exact) mass is 551 g/mol. The van der Waals surface area contributed by atoms with E-state index in [-0.39, 0.29) is 10.6 Å². The van der Waals surface area contributed by atoms with Gasteiger partial charge in [-0.1, -0.05) is 135 Å². The molecule has 0 amide bonds. The van der Waals surface area contributed by atoms with Crippen LogP contribution in [0.4, 0.5) is 5.69 Å². The number of phenolic OH excluding ortho intramolecular Hbond substituents is 1. The summed E-state index contributed by atoms with van der Waals surface area (Å²) < 4.78 is 0. The highest BCUT2D eigenvalue weighted by Crippen LogP contribution is 2.51. The first kappa shape index (κ1) is 29.9. The Balaban J connectivity index is 1.83. The first-order valence-corrected chi connectivity index (χ1v) is 15.6. The molecular formula is C37H46NOP. The van der Waals surface area contributed by atoms with Crippen LogP contribution in [0.25, 0.3) is 0 Å². The van der Waals surface area contributed by atoms with Crippen molar-refractivity contribution in [2.75, 3.05) is 4.90 Å². The smallest absolute Gasteiger partial charge is 0.122 e. The molecule has 0 aliphatic rings. The zero-order valence-electron chi connectivity index (χ0n) is 25.4.